The molecule has 1 rings (SSSR count). The lowest BCUT2D eigenvalue weighted by atomic mass is 10.1. The molecule has 0 amide bonds. The number of carboxylic acid groups (broad SMARTS) is 1. The van der Waals surface area contributed by atoms with Gasteiger partial charge in [-0.25, -0.2) is 4.57 Å². The van der Waals surface area contributed by atoms with E-state index in [2.05, 4.69) is 41.5 Å². The molecule has 176 valence electrons. The lowest BCUT2D eigenvalue weighted by Gasteiger charge is -1.98. The quantitative estimate of drug-likeness (QED) is 0.149. The van der Waals surface area contributed by atoms with Gasteiger partial charge >= 0.3 is 13.8 Å². The van der Waals surface area contributed by atoms with E-state index in [9.17, 15) is 4.79 Å². The van der Waals surface area contributed by atoms with Crippen LogP contribution in [0.25, 0.3) is 0 Å². The SMILES string of the molecule is C1=NCCN1.CCCCC/C=C\C/C=C\CCCCCCCC(=O)O.O=P(O)(O)O. The zero-order valence-corrected chi connectivity index (χ0v) is 19.2. The molecule has 0 bridgehead atoms. The number of aliphatic carboxylic acids is 1. The number of carboxylic acids is 1. The average Bonchev–Trinajstić information content (AvgIpc) is 3.23. The van der Waals surface area contributed by atoms with Gasteiger partial charge in [0.2, 0.25) is 0 Å². The number of unbranched alkanes of at least 4 members (excludes halogenated alkanes) is 8. The number of aliphatic imine (C=N–C) groups is 1. The Morgan fingerprint density at radius 3 is 1.93 bits per heavy atom. The molecule has 0 fully saturated rings. The van der Waals surface area contributed by atoms with Crippen molar-refractivity contribution in [3.63, 3.8) is 0 Å². The molecule has 9 heteroatoms. The highest BCUT2D eigenvalue weighted by molar-refractivity contribution is 7.45. The van der Waals surface area contributed by atoms with Crippen molar-refractivity contribution < 1.29 is 29.1 Å². The number of rotatable bonds is 14. The second-order valence-electron chi connectivity index (χ2n) is 6.88. The van der Waals surface area contributed by atoms with Crippen LogP contribution in [0.4, 0.5) is 0 Å². The van der Waals surface area contributed by atoms with Gasteiger partial charge in [0.15, 0.2) is 0 Å². The largest absolute Gasteiger partial charge is 0.481 e. The minimum atomic E-state index is -4.64. The summed E-state index contributed by atoms with van der Waals surface area (Å²) in [5.41, 5.74) is 0. The molecule has 1 aliphatic rings. The summed E-state index contributed by atoms with van der Waals surface area (Å²) in [6, 6.07) is 0. The fraction of sp³-hybridized carbons (Fsp3) is 0.714. The molecule has 0 spiro atoms. The van der Waals surface area contributed by atoms with Gasteiger partial charge in [0, 0.05) is 13.0 Å². The van der Waals surface area contributed by atoms with Crippen LogP contribution in [0, 0.1) is 0 Å². The molecule has 5 N–H and O–H groups in total. The van der Waals surface area contributed by atoms with Gasteiger partial charge in [-0.3, -0.25) is 9.79 Å². The molecule has 0 aliphatic carbocycles. The molecule has 0 aromatic heterocycles. The molecular formula is C21H41N2O6P. The van der Waals surface area contributed by atoms with Crippen molar-refractivity contribution in [1.29, 1.82) is 0 Å². The van der Waals surface area contributed by atoms with Crippen molar-refractivity contribution in [2.45, 2.75) is 84.0 Å². The number of allylic oxidation sites excluding steroid dienone is 4. The summed E-state index contributed by atoms with van der Waals surface area (Å²) in [7, 11) is -4.64. The van der Waals surface area contributed by atoms with E-state index >= 15 is 0 Å². The Bertz CT molecular complexity index is 503. The third-order valence-corrected chi connectivity index (χ3v) is 3.91. The predicted molar refractivity (Wildman–Crippen MR) is 123 cm³/mol. The lowest BCUT2D eigenvalue weighted by Crippen LogP contribution is -2.04. The number of nitrogens with zero attached hydrogens (tertiary/aromatic N) is 1. The maximum atomic E-state index is 10.3. The van der Waals surface area contributed by atoms with E-state index in [4.69, 9.17) is 24.4 Å². The van der Waals surface area contributed by atoms with Gasteiger partial charge in [0.1, 0.15) is 0 Å². The molecule has 30 heavy (non-hydrogen) atoms. The molecule has 0 unspecified atom stereocenters. The average molecular weight is 449 g/mol. The summed E-state index contributed by atoms with van der Waals surface area (Å²) >= 11 is 0. The van der Waals surface area contributed by atoms with E-state index in [1.165, 1.54) is 44.9 Å². The number of phosphoric acid groups is 1. The van der Waals surface area contributed by atoms with E-state index in [1.807, 2.05) is 0 Å². The maximum absolute atomic E-state index is 10.3. The van der Waals surface area contributed by atoms with Crippen LogP contribution < -0.4 is 5.32 Å². The summed E-state index contributed by atoms with van der Waals surface area (Å²) in [6.45, 7) is 4.22. The Morgan fingerprint density at radius 1 is 0.967 bits per heavy atom. The van der Waals surface area contributed by atoms with Gasteiger partial charge in [-0.2, -0.15) is 0 Å². The van der Waals surface area contributed by atoms with Gasteiger partial charge in [-0.15, -0.1) is 0 Å². The van der Waals surface area contributed by atoms with Crippen LogP contribution in [-0.4, -0.2) is 45.2 Å². The van der Waals surface area contributed by atoms with Crippen LogP contribution in [0.1, 0.15) is 84.0 Å². The third kappa shape index (κ3) is 41.0. The van der Waals surface area contributed by atoms with E-state index in [0.29, 0.717) is 6.42 Å². The first kappa shape index (κ1) is 30.7. The molecule has 0 atom stereocenters. The van der Waals surface area contributed by atoms with Gasteiger partial charge in [0.25, 0.3) is 0 Å². The first-order valence-corrected chi connectivity index (χ1v) is 12.4. The van der Waals surface area contributed by atoms with Crippen LogP contribution in [-0.2, 0) is 9.36 Å². The Labute approximate surface area is 181 Å². The topological polar surface area (TPSA) is 139 Å². The van der Waals surface area contributed by atoms with Crippen LogP contribution >= 0.6 is 7.82 Å². The Hall–Kier alpha value is -1.47. The Morgan fingerprint density at radius 2 is 1.50 bits per heavy atom. The summed E-state index contributed by atoms with van der Waals surface area (Å²) in [5, 5.41) is 11.4. The minimum absolute atomic E-state index is 0.324. The van der Waals surface area contributed by atoms with Crippen LogP contribution in [0.2, 0.25) is 0 Å². The molecule has 1 aliphatic heterocycles. The van der Waals surface area contributed by atoms with E-state index in [1.54, 1.807) is 6.34 Å². The molecule has 0 saturated heterocycles. The highest BCUT2D eigenvalue weighted by atomic mass is 31.2. The van der Waals surface area contributed by atoms with Crippen LogP contribution in [0.15, 0.2) is 29.3 Å². The lowest BCUT2D eigenvalue weighted by molar-refractivity contribution is -0.137. The summed E-state index contributed by atoms with van der Waals surface area (Å²) in [6.07, 6.45) is 24.0. The van der Waals surface area contributed by atoms with Crippen molar-refractivity contribution in [1.82, 2.24) is 5.32 Å². The van der Waals surface area contributed by atoms with Crippen molar-refractivity contribution in [2.75, 3.05) is 13.1 Å². The van der Waals surface area contributed by atoms with Crippen molar-refractivity contribution in [3.05, 3.63) is 24.3 Å². The van der Waals surface area contributed by atoms with Gasteiger partial charge < -0.3 is 25.1 Å². The number of nitrogens with one attached hydrogen (secondary N) is 1. The molecule has 0 aromatic carbocycles. The monoisotopic (exact) mass is 448 g/mol. The van der Waals surface area contributed by atoms with Crippen molar-refractivity contribution >= 4 is 20.1 Å². The highest BCUT2D eigenvalue weighted by Gasteiger charge is 2.00. The highest BCUT2D eigenvalue weighted by Crippen LogP contribution is 2.25. The second-order valence-corrected chi connectivity index (χ2v) is 7.90. The minimum Gasteiger partial charge on any atom is -0.481 e. The molecule has 0 radical (unpaired) electrons. The first-order chi connectivity index (χ1) is 14.3. The fourth-order valence-electron chi connectivity index (χ4n) is 2.41. The first-order valence-electron chi connectivity index (χ1n) is 10.8. The number of carbonyl (C=O) groups is 1. The van der Waals surface area contributed by atoms with Gasteiger partial charge in [0.05, 0.1) is 12.9 Å². The Kier molecular flexibility index (Phi) is 24.4. The predicted octanol–water partition coefficient (Wildman–Crippen LogP) is 4.57. The standard InChI is InChI=1S/C18H32O2.C3H6N2.H3O4P/c1-2-3-4-5-6-7-8-9-10-11-12-13-14-15-16-17-18(19)20;1-2-5-3-4-1;1-5(2,3)4/h6-7,9-10H,2-5,8,11-17H2,1H3,(H,19,20);3H,1-2H2,(H,4,5);(H3,1,2,3,4)/b7-6-,10-9-;;. The summed E-state index contributed by atoms with van der Waals surface area (Å²) < 4.78 is 8.88. The number of hydrogen-bond donors (Lipinski definition) is 5. The normalized spacial score (nSPS) is 12.9. The Balaban J connectivity index is 0. The number of hydrogen-bond acceptors (Lipinski definition) is 4. The zero-order chi connectivity index (χ0) is 22.9. The maximum Gasteiger partial charge on any atom is 0.466 e. The summed E-state index contributed by atoms with van der Waals surface area (Å²) in [5.74, 6) is -0.671. The molecule has 8 nitrogen and oxygen atoms in total. The fourth-order valence-corrected chi connectivity index (χ4v) is 2.41. The van der Waals surface area contributed by atoms with Crippen molar-refractivity contribution in [2.24, 2.45) is 4.99 Å². The van der Waals surface area contributed by atoms with Gasteiger partial charge in [-0.1, -0.05) is 63.3 Å². The third-order valence-electron chi connectivity index (χ3n) is 3.91. The van der Waals surface area contributed by atoms with Crippen LogP contribution in [0.5, 0.6) is 0 Å². The molecule has 0 saturated carbocycles. The van der Waals surface area contributed by atoms with Gasteiger partial charge in [-0.05, 0) is 38.5 Å². The zero-order valence-electron chi connectivity index (χ0n) is 18.3. The smallest absolute Gasteiger partial charge is 0.466 e. The summed E-state index contributed by atoms with van der Waals surface area (Å²) in [4.78, 5) is 35.7. The van der Waals surface area contributed by atoms with E-state index < -0.39 is 13.8 Å². The molecule has 1 heterocycles. The van der Waals surface area contributed by atoms with Crippen LogP contribution in [0.3, 0.4) is 0 Å². The molecule has 0 aromatic rings. The van der Waals surface area contributed by atoms with E-state index in [-0.39, 0.29) is 0 Å². The second kappa shape index (κ2) is 23.8. The van der Waals surface area contributed by atoms with Crippen molar-refractivity contribution in [3.8, 4) is 0 Å². The van der Waals surface area contributed by atoms with E-state index in [0.717, 1.165) is 38.8 Å². The molecular weight excluding hydrogens is 407 g/mol.